The number of para-hydroxylation sites is 2. The number of halogens is 3. The zero-order chi connectivity index (χ0) is 24.5. The van der Waals surface area contributed by atoms with E-state index in [1.165, 1.54) is 24.3 Å². The van der Waals surface area contributed by atoms with Crippen LogP contribution in [0.1, 0.15) is 21.8 Å². The van der Waals surface area contributed by atoms with Crippen LogP contribution in [0.15, 0.2) is 48.7 Å². The standard InChI is InChI=1S/C22H17F3N4O4S/c1-12-19(34-20(27-12)14-7-4-5-9-26-14)21(32)33-11-18(31)29-15-8-3-2-6-13(15)28-17(30)10-16(29)22(23,24)25/h2-9,16H,10-11H2,1H3,(H,28,30)/t16-/m0/s1. The molecule has 3 aromatic rings. The summed E-state index contributed by atoms with van der Waals surface area (Å²) in [6.07, 6.45) is -4.31. The summed E-state index contributed by atoms with van der Waals surface area (Å²) < 4.78 is 46.4. The highest BCUT2D eigenvalue weighted by Crippen LogP contribution is 2.37. The fourth-order valence-corrected chi connectivity index (χ4v) is 4.38. The molecule has 1 aliphatic rings. The number of carbonyl (C=O) groups excluding carboxylic acids is 3. The van der Waals surface area contributed by atoms with E-state index in [-0.39, 0.29) is 16.3 Å². The molecule has 1 N–H and O–H groups in total. The van der Waals surface area contributed by atoms with Crippen LogP contribution in [0.25, 0.3) is 10.7 Å². The van der Waals surface area contributed by atoms with Gasteiger partial charge in [0.05, 0.1) is 29.2 Å². The molecule has 3 heterocycles. The van der Waals surface area contributed by atoms with Gasteiger partial charge < -0.3 is 10.1 Å². The van der Waals surface area contributed by atoms with Crippen molar-refractivity contribution in [2.75, 3.05) is 16.8 Å². The Morgan fingerprint density at radius 1 is 1.21 bits per heavy atom. The predicted octanol–water partition coefficient (Wildman–Crippen LogP) is 3.98. The van der Waals surface area contributed by atoms with E-state index in [1.807, 2.05) is 0 Å². The van der Waals surface area contributed by atoms with Gasteiger partial charge in [-0.1, -0.05) is 18.2 Å². The lowest BCUT2D eigenvalue weighted by Gasteiger charge is -2.31. The Labute approximate surface area is 195 Å². The zero-order valence-corrected chi connectivity index (χ0v) is 18.4. The van der Waals surface area contributed by atoms with Gasteiger partial charge in [0.1, 0.15) is 15.9 Å². The second-order valence-corrected chi connectivity index (χ2v) is 8.31. The van der Waals surface area contributed by atoms with Crippen molar-refractivity contribution in [1.29, 1.82) is 0 Å². The minimum absolute atomic E-state index is 0.0530. The maximum absolute atomic E-state index is 13.8. The molecule has 0 unspecified atom stereocenters. The summed E-state index contributed by atoms with van der Waals surface area (Å²) in [7, 11) is 0. The number of aryl methyl sites for hydroxylation is 1. The second kappa shape index (κ2) is 9.21. The number of aromatic nitrogens is 2. The van der Waals surface area contributed by atoms with E-state index in [2.05, 4.69) is 15.3 Å². The fourth-order valence-electron chi connectivity index (χ4n) is 3.44. The van der Waals surface area contributed by atoms with Crippen molar-refractivity contribution in [1.82, 2.24) is 9.97 Å². The number of benzene rings is 1. The van der Waals surface area contributed by atoms with Gasteiger partial charge >= 0.3 is 12.1 Å². The molecule has 0 aliphatic carbocycles. The molecular formula is C22H17F3N4O4S. The van der Waals surface area contributed by atoms with Crippen LogP contribution in [0.2, 0.25) is 0 Å². The molecule has 34 heavy (non-hydrogen) atoms. The number of hydrogen-bond donors (Lipinski definition) is 1. The van der Waals surface area contributed by atoms with E-state index in [0.29, 0.717) is 21.3 Å². The summed E-state index contributed by atoms with van der Waals surface area (Å²) in [6, 6.07) is 8.40. The van der Waals surface area contributed by atoms with Crippen molar-refractivity contribution in [2.24, 2.45) is 0 Å². The molecular weight excluding hydrogens is 473 g/mol. The highest BCUT2D eigenvalue weighted by Gasteiger charge is 2.49. The van der Waals surface area contributed by atoms with Crippen LogP contribution in [0.5, 0.6) is 0 Å². The number of rotatable bonds is 4. The van der Waals surface area contributed by atoms with Crippen LogP contribution in [-0.4, -0.2) is 46.6 Å². The molecule has 0 saturated heterocycles. The first-order valence-electron chi connectivity index (χ1n) is 9.98. The van der Waals surface area contributed by atoms with Gasteiger partial charge in [-0.15, -0.1) is 11.3 Å². The third-order valence-corrected chi connectivity index (χ3v) is 6.13. The molecule has 4 rings (SSSR count). The first kappa shape index (κ1) is 23.4. The third-order valence-electron chi connectivity index (χ3n) is 4.97. The van der Waals surface area contributed by atoms with Crippen LogP contribution in [0.3, 0.4) is 0 Å². The van der Waals surface area contributed by atoms with Gasteiger partial charge in [-0.2, -0.15) is 13.2 Å². The number of esters is 1. The van der Waals surface area contributed by atoms with E-state index in [1.54, 1.807) is 31.3 Å². The largest absolute Gasteiger partial charge is 0.451 e. The average molecular weight is 490 g/mol. The summed E-state index contributed by atoms with van der Waals surface area (Å²) in [6.45, 7) is 0.619. The monoisotopic (exact) mass is 490 g/mol. The van der Waals surface area contributed by atoms with E-state index in [9.17, 15) is 27.6 Å². The summed E-state index contributed by atoms with van der Waals surface area (Å²) in [5.41, 5.74) is 0.795. The molecule has 0 fully saturated rings. The van der Waals surface area contributed by atoms with Crippen LogP contribution in [0, 0.1) is 6.92 Å². The Bertz CT molecular complexity index is 1250. The Morgan fingerprint density at radius 2 is 1.94 bits per heavy atom. The van der Waals surface area contributed by atoms with Crippen LogP contribution < -0.4 is 10.2 Å². The van der Waals surface area contributed by atoms with E-state index >= 15 is 0 Å². The molecule has 1 atom stereocenters. The molecule has 0 spiro atoms. The molecule has 2 amide bonds. The number of nitrogens with one attached hydrogen (secondary N) is 1. The summed E-state index contributed by atoms with van der Waals surface area (Å²) in [4.78, 5) is 46.6. The minimum atomic E-state index is -4.89. The van der Waals surface area contributed by atoms with Crippen molar-refractivity contribution < 1.29 is 32.3 Å². The Morgan fingerprint density at radius 3 is 2.65 bits per heavy atom. The number of alkyl halides is 3. The quantitative estimate of drug-likeness (QED) is 0.556. The topological polar surface area (TPSA) is 101 Å². The maximum Gasteiger partial charge on any atom is 0.409 e. The lowest BCUT2D eigenvalue weighted by atomic mass is 10.1. The Kier molecular flexibility index (Phi) is 6.33. The van der Waals surface area contributed by atoms with Gasteiger partial charge in [0.2, 0.25) is 5.91 Å². The lowest BCUT2D eigenvalue weighted by Crippen LogP contribution is -2.51. The average Bonchev–Trinajstić information content (AvgIpc) is 3.11. The Hall–Kier alpha value is -3.80. The van der Waals surface area contributed by atoms with E-state index < -0.39 is 43.0 Å². The van der Waals surface area contributed by atoms with Gasteiger partial charge in [0.15, 0.2) is 6.61 Å². The highest BCUT2D eigenvalue weighted by molar-refractivity contribution is 7.17. The molecule has 176 valence electrons. The van der Waals surface area contributed by atoms with E-state index in [0.717, 1.165) is 11.3 Å². The SMILES string of the molecule is Cc1nc(-c2ccccn2)sc1C(=O)OCC(=O)N1c2ccccc2NC(=O)C[C@H]1C(F)(F)F. The Balaban J connectivity index is 1.56. The number of ether oxygens (including phenoxy) is 1. The highest BCUT2D eigenvalue weighted by atomic mass is 32.1. The van der Waals surface area contributed by atoms with Crippen molar-refractivity contribution in [3.8, 4) is 10.7 Å². The molecule has 8 nitrogen and oxygen atoms in total. The van der Waals surface area contributed by atoms with Gasteiger partial charge in [0.25, 0.3) is 5.91 Å². The lowest BCUT2D eigenvalue weighted by molar-refractivity contribution is -0.158. The third kappa shape index (κ3) is 4.76. The molecule has 2 aromatic heterocycles. The van der Waals surface area contributed by atoms with Gasteiger partial charge in [-0.25, -0.2) is 9.78 Å². The summed E-state index contributed by atoms with van der Waals surface area (Å²) >= 11 is 0.997. The van der Waals surface area contributed by atoms with Gasteiger partial charge in [0, 0.05) is 6.20 Å². The zero-order valence-electron chi connectivity index (χ0n) is 17.6. The normalized spacial score (nSPS) is 15.8. The molecule has 1 aliphatic heterocycles. The van der Waals surface area contributed by atoms with Crippen LogP contribution in [0.4, 0.5) is 24.5 Å². The molecule has 0 bridgehead atoms. The molecule has 0 radical (unpaired) electrons. The number of thiazole rings is 1. The number of amides is 2. The van der Waals surface area contributed by atoms with Crippen molar-refractivity contribution in [3.05, 3.63) is 59.2 Å². The first-order chi connectivity index (χ1) is 16.1. The molecule has 12 heteroatoms. The molecule has 0 saturated carbocycles. The predicted molar refractivity (Wildman–Crippen MR) is 117 cm³/mol. The van der Waals surface area contributed by atoms with Crippen LogP contribution in [-0.2, 0) is 14.3 Å². The minimum Gasteiger partial charge on any atom is -0.451 e. The summed E-state index contributed by atoms with van der Waals surface area (Å²) in [5.74, 6) is -2.90. The van der Waals surface area contributed by atoms with Crippen molar-refractivity contribution in [2.45, 2.75) is 25.6 Å². The fraction of sp³-hybridized carbons (Fsp3) is 0.227. The number of fused-ring (bicyclic) bond motifs is 1. The smallest absolute Gasteiger partial charge is 0.409 e. The van der Waals surface area contributed by atoms with Crippen molar-refractivity contribution >= 4 is 40.5 Å². The molecule has 1 aromatic carbocycles. The maximum atomic E-state index is 13.8. The van der Waals surface area contributed by atoms with Gasteiger partial charge in [-0.05, 0) is 31.2 Å². The number of anilines is 2. The number of hydrogen-bond acceptors (Lipinski definition) is 7. The number of nitrogens with zero attached hydrogens (tertiary/aromatic N) is 3. The van der Waals surface area contributed by atoms with Crippen molar-refractivity contribution in [3.63, 3.8) is 0 Å². The van der Waals surface area contributed by atoms with Gasteiger partial charge in [-0.3, -0.25) is 19.5 Å². The summed E-state index contributed by atoms with van der Waals surface area (Å²) in [5, 5.41) is 2.83. The number of pyridine rings is 1. The van der Waals surface area contributed by atoms with E-state index in [4.69, 9.17) is 4.74 Å². The second-order valence-electron chi connectivity index (χ2n) is 7.32. The first-order valence-corrected chi connectivity index (χ1v) is 10.8. The van der Waals surface area contributed by atoms with Crippen LogP contribution >= 0.6 is 11.3 Å². The number of carbonyl (C=O) groups is 3.